The van der Waals surface area contributed by atoms with Crippen LogP contribution in [0.25, 0.3) is 0 Å². The molecule has 0 atom stereocenters. The molecule has 0 spiro atoms. The summed E-state index contributed by atoms with van der Waals surface area (Å²) in [7, 11) is 0. The minimum absolute atomic E-state index is 0.0233. The van der Waals surface area contributed by atoms with Crippen LogP contribution in [0.3, 0.4) is 0 Å². The number of hydrogen-bond donors (Lipinski definition) is 2. The highest BCUT2D eigenvalue weighted by Crippen LogP contribution is 2.41. The van der Waals surface area contributed by atoms with Crippen LogP contribution in [0.15, 0.2) is 0 Å². The van der Waals surface area contributed by atoms with Gasteiger partial charge < -0.3 is 20.7 Å². The van der Waals surface area contributed by atoms with Gasteiger partial charge >= 0.3 is 6.03 Å². The van der Waals surface area contributed by atoms with Crippen LogP contribution >= 0.6 is 0 Å². The van der Waals surface area contributed by atoms with Crippen molar-refractivity contribution in [2.75, 3.05) is 32.8 Å². The van der Waals surface area contributed by atoms with E-state index in [0.29, 0.717) is 25.1 Å². The van der Waals surface area contributed by atoms with Gasteiger partial charge in [-0.15, -0.1) is 0 Å². The number of carbonyl (C=O) groups is 1. The van der Waals surface area contributed by atoms with E-state index in [1.807, 2.05) is 0 Å². The Balaban J connectivity index is 1.78. The van der Waals surface area contributed by atoms with Crippen LogP contribution in [0, 0.1) is 5.41 Å². The molecule has 2 fully saturated rings. The molecule has 5 heteroatoms. The normalized spacial score (nSPS) is 25.4. The minimum Gasteiger partial charge on any atom is -0.372 e. The Morgan fingerprint density at radius 3 is 2.53 bits per heavy atom. The molecular formula is C14H27N3O2. The SMILES string of the molecule is CC1(C)CCC(CN)(OCCN2CCNC2=O)CC1. The highest BCUT2D eigenvalue weighted by Gasteiger charge is 2.38. The van der Waals surface area contributed by atoms with E-state index in [4.69, 9.17) is 10.5 Å². The third-order valence-corrected chi connectivity index (χ3v) is 4.60. The largest absolute Gasteiger partial charge is 0.372 e. The van der Waals surface area contributed by atoms with Crippen molar-refractivity contribution in [1.29, 1.82) is 0 Å². The number of nitrogens with two attached hydrogens (primary N) is 1. The highest BCUT2D eigenvalue weighted by atomic mass is 16.5. The molecule has 0 aromatic rings. The predicted molar refractivity (Wildman–Crippen MR) is 75.0 cm³/mol. The van der Waals surface area contributed by atoms with E-state index in [0.717, 1.165) is 38.8 Å². The molecule has 1 aliphatic heterocycles. The van der Waals surface area contributed by atoms with Crippen molar-refractivity contribution in [2.45, 2.75) is 45.1 Å². The molecule has 1 aliphatic carbocycles. The molecule has 110 valence electrons. The zero-order chi connectivity index (χ0) is 13.9. The first-order valence-corrected chi connectivity index (χ1v) is 7.33. The van der Waals surface area contributed by atoms with Gasteiger partial charge in [0, 0.05) is 26.2 Å². The fourth-order valence-electron chi connectivity index (χ4n) is 2.89. The van der Waals surface area contributed by atoms with Gasteiger partial charge in [-0.25, -0.2) is 4.79 Å². The summed E-state index contributed by atoms with van der Waals surface area (Å²) >= 11 is 0. The maximum Gasteiger partial charge on any atom is 0.317 e. The first-order valence-electron chi connectivity index (χ1n) is 7.33. The first kappa shape index (κ1) is 14.6. The van der Waals surface area contributed by atoms with Crippen molar-refractivity contribution in [2.24, 2.45) is 11.1 Å². The van der Waals surface area contributed by atoms with Crippen LogP contribution in [-0.2, 0) is 4.74 Å². The third kappa shape index (κ3) is 3.60. The Morgan fingerprint density at radius 1 is 1.32 bits per heavy atom. The first-order chi connectivity index (χ1) is 8.96. The molecule has 1 saturated carbocycles. The topological polar surface area (TPSA) is 67.6 Å². The maximum absolute atomic E-state index is 11.4. The quantitative estimate of drug-likeness (QED) is 0.791. The minimum atomic E-state index is -0.161. The second-order valence-electron chi connectivity index (χ2n) is 6.62. The lowest BCUT2D eigenvalue weighted by atomic mass is 9.71. The lowest BCUT2D eigenvalue weighted by Gasteiger charge is -2.43. The lowest BCUT2D eigenvalue weighted by molar-refractivity contribution is -0.0833. The molecule has 1 heterocycles. The van der Waals surface area contributed by atoms with E-state index >= 15 is 0 Å². The molecule has 5 nitrogen and oxygen atoms in total. The summed E-state index contributed by atoms with van der Waals surface area (Å²) in [6, 6.07) is 0.0233. The van der Waals surface area contributed by atoms with Gasteiger partial charge in [0.15, 0.2) is 0 Å². The van der Waals surface area contributed by atoms with E-state index in [1.165, 1.54) is 0 Å². The number of nitrogens with zero attached hydrogens (tertiary/aromatic N) is 1. The Kier molecular flexibility index (Phi) is 4.36. The molecular weight excluding hydrogens is 242 g/mol. The highest BCUT2D eigenvalue weighted by molar-refractivity contribution is 5.76. The predicted octanol–water partition coefficient (Wildman–Crippen LogP) is 1.33. The van der Waals surface area contributed by atoms with E-state index in [9.17, 15) is 4.79 Å². The van der Waals surface area contributed by atoms with Gasteiger partial charge in [0.1, 0.15) is 0 Å². The molecule has 19 heavy (non-hydrogen) atoms. The zero-order valence-electron chi connectivity index (χ0n) is 12.2. The molecule has 2 amide bonds. The summed E-state index contributed by atoms with van der Waals surface area (Å²) in [6.07, 6.45) is 4.38. The summed E-state index contributed by atoms with van der Waals surface area (Å²) in [6.45, 7) is 7.97. The van der Waals surface area contributed by atoms with Crippen LogP contribution in [0.5, 0.6) is 0 Å². The molecule has 0 bridgehead atoms. The molecule has 2 rings (SSSR count). The maximum atomic E-state index is 11.4. The molecule has 0 unspecified atom stereocenters. The van der Waals surface area contributed by atoms with Crippen molar-refractivity contribution in [1.82, 2.24) is 10.2 Å². The van der Waals surface area contributed by atoms with Crippen LogP contribution in [0.2, 0.25) is 0 Å². The second-order valence-corrected chi connectivity index (χ2v) is 6.62. The van der Waals surface area contributed by atoms with Gasteiger partial charge in [0.2, 0.25) is 0 Å². The number of hydrogen-bond acceptors (Lipinski definition) is 3. The summed E-state index contributed by atoms with van der Waals surface area (Å²) in [5.41, 5.74) is 6.18. The van der Waals surface area contributed by atoms with Crippen molar-refractivity contribution < 1.29 is 9.53 Å². The van der Waals surface area contributed by atoms with Crippen molar-refractivity contribution >= 4 is 6.03 Å². The number of rotatable bonds is 5. The Labute approximate surface area is 115 Å². The van der Waals surface area contributed by atoms with Crippen LogP contribution in [0.4, 0.5) is 4.79 Å². The second kappa shape index (κ2) is 5.67. The summed E-state index contributed by atoms with van der Waals surface area (Å²) < 4.78 is 6.08. The van der Waals surface area contributed by atoms with E-state index < -0.39 is 0 Å². The van der Waals surface area contributed by atoms with Gasteiger partial charge in [0.25, 0.3) is 0 Å². The third-order valence-electron chi connectivity index (χ3n) is 4.60. The van der Waals surface area contributed by atoms with E-state index in [-0.39, 0.29) is 11.6 Å². The van der Waals surface area contributed by atoms with Crippen LogP contribution in [-0.4, -0.2) is 49.3 Å². The molecule has 0 aromatic heterocycles. The molecule has 2 aliphatic rings. The van der Waals surface area contributed by atoms with Crippen LogP contribution < -0.4 is 11.1 Å². The van der Waals surface area contributed by atoms with Gasteiger partial charge in [-0.1, -0.05) is 13.8 Å². The van der Waals surface area contributed by atoms with Crippen molar-refractivity contribution in [3.05, 3.63) is 0 Å². The Morgan fingerprint density at radius 2 is 2.00 bits per heavy atom. The molecule has 0 radical (unpaired) electrons. The summed E-state index contributed by atoms with van der Waals surface area (Å²) in [5.74, 6) is 0. The Bertz CT molecular complexity index is 321. The van der Waals surface area contributed by atoms with Gasteiger partial charge in [-0.2, -0.15) is 0 Å². The molecule has 0 aromatic carbocycles. The van der Waals surface area contributed by atoms with Gasteiger partial charge in [-0.3, -0.25) is 0 Å². The number of nitrogens with one attached hydrogen (secondary N) is 1. The average Bonchev–Trinajstić information content (AvgIpc) is 2.78. The number of ether oxygens (including phenoxy) is 1. The molecule has 3 N–H and O–H groups in total. The standard InChI is InChI=1S/C14H27N3O2/c1-13(2)3-5-14(11-15,6-4-13)19-10-9-17-8-7-16-12(17)18/h3-11,15H2,1-2H3,(H,16,18). The monoisotopic (exact) mass is 269 g/mol. The summed E-state index contributed by atoms with van der Waals surface area (Å²) in [4.78, 5) is 13.2. The molecule has 1 saturated heterocycles. The number of carbonyl (C=O) groups excluding carboxylic acids is 1. The van der Waals surface area contributed by atoms with E-state index in [1.54, 1.807) is 4.90 Å². The van der Waals surface area contributed by atoms with E-state index in [2.05, 4.69) is 19.2 Å². The zero-order valence-corrected chi connectivity index (χ0v) is 12.2. The number of amides is 2. The Hall–Kier alpha value is -0.810. The average molecular weight is 269 g/mol. The number of urea groups is 1. The van der Waals surface area contributed by atoms with Gasteiger partial charge in [0.05, 0.1) is 12.2 Å². The van der Waals surface area contributed by atoms with Crippen molar-refractivity contribution in [3.8, 4) is 0 Å². The fraction of sp³-hybridized carbons (Fsp3) is 0.929. The van der Waals surface area contributed by atoms with Crippen LogP contribution in [0.1, 0.15) is 39.5 Å². The summed E-state index contributed by atoms with van der Waals surface area (Å²) in [5, 5.41) is 2.80. The fourth-order valence-corrected chi connectivity index (χ4v) is 2.89. The smallest absolute Gasteiger partial charge is 0.317 e. The van der Waals surface area contributed by atoms with Gasteiger partial charge in [-0.05, 0) is 31.1 Å². The van der Waals surface area contributed by atoms with Crippen molar-refractivity contribution in [3.63, 3.8) is 0 Å². The lowest BCUT2D eigenvalue weighted by Crippen LogP contribution is -2.47.